The first-order valence-corrected chi connectivity index (χ1v) is 7.60. The standard InChI is InChI=1S/C15H20ClN3O2/c1-2-12-14(15(21)17-8-4-3-5-9-20)19-10-11(16)6-7-13(19)18-12/h6-7,10,20H,2-5,8-9H2,1H3,(H,17,21). The fourth-order valence-electron chi connectivity index (χ4n) is 2.25. The van der Waals surface area contributed by atoms with E-state index in [-0.39, 0.29) is 12.5 Å². The van der Waals surface area contributed by atoms with E-state index in [9.17, 15) is 4.79 Å². The average Bonchev–Trinajstić information content (AvgIpc) is 2.84. The molecule has 0 fully saturated rings. The number of aromatic nitrogens is 2. The van der Waals surface area contributed by atoms with Gasteiger partial charge in [0.05, 0.1) is 10.7 Å². The maximum Gasteiger partial charge on any atom is 0.270 e. The molecule has 1 amide bonds. The van der Waals surface area contributed by atoms with Crippen molar-refractivity contribution in [2.24, 2.45) is 0 Å². The number of amides is 1. The molecule has 5 nitrogen and oxygen atoms in total. The molecule has 0 saturated carbocycles. The summed E-state index contributed by atoms with van der Waals surface area (Å²) in [7, 11) is 0. The van der Waals surface area contributed by atoms with Crippen molar-refractivity contribution < 1.29 is 9.90 Å². The van der Waals surface area contributed by atoms with Crippen LogP contribution in [0.25, 0.3) is 5.65 Å². The molecule has 2 aromatic rings. The molecule has 0 unspecified atom stereocenters. The zero-order chi connectivity index (χ0) is 15.2. The summed E-state index contributed by atoms with van der Waals surface area (Å²) in [6.07, 6.45) is 4.92. The highest BCUT2D eigenvalue weighted by Crippen LogP contribution is 2.17. The van der Waals surface area contributed by atoms with Gasteiger partial charge in [-0.1, -0.05) is 18.5 Å². The lowest BCUT2D eigenvalue weighted by molar-refractivity contribution is 0.0946. The quantitative estimate of drug-likeness (QED) is 0.772. The molecule has 0 radical (unpaired) electrons. The molecule has 0 aliphatic heterocycles. The van der Waals surface area contributed by atoms with Gasteiger partial charge in [0.2, 0.25) is 0 Å². The van der Waals surface area contributed by atoms with E-state index in [4.69, 9.17) is 16.7 Å². The molecule has 0 saturated heterocycles. The number of hydrogen-bond donors (Lipinski definition) is 2. The van der Waals surface area contributed by atoms with Crippen LogP contribution in [0.3, 0.4) is 0 Å². The van der Waals surface area contributed by atoms with Gasteiger partial charge in [0.15, 0.2) is 0 Å². The number of unbranched alkanes of at least 4 members (excludes halogenated alkanes) is 2. The number of nitrogens with one attached hydrogen (secondary N) is 1. The van der Waals surface area contributed by atoms with Crippen molar-refractivity contribution in [1.29, 1.82) is 0 Å². The summed E-state index contributed by atoms with van der Waals surface area (Å²) < 4.78 is 1.74. The Kier molecular flexibility index (Phi) is 5.59. The van der Waals surface area contributed by atoms with Gasteiger partial charge < -0.3 is 10.4 Å². The SMILES string of the molecule is CCc1nc2ccc(Cl)cn2c1C(=O)NCCCCCO. The lowest BCUT2D eigenvalue weighted by Crippen LogP contribution is -2.26. The molecule has 0 aliphatic rings. The van der Waals surface area contributed by atoms with E-state index in [1.807, 2.05) is 6.92 Å². The van der Waals surface area contributed by atoms with Crippen LogP contribution in [-0.2, 0) is 6.42 Å². The smallest absolute Gasteiger partial charge is 0.270 e. The molecule has 2 N–H and O–H groups in total. The first-order valence-electron chi connectivity index (χ1n) is 7.23. The molecule has 0 bridgehead atoms. The number of imidazole rings is 1. The molecule has 2 heterocycles. The second-order valence-corrected chi connectivity index (χ2v) is 5.31. The van der Waals surface area contributed by atoms with Gasteiger partial charge in [-0.25, -0.2) is 4.98 Å². The maximum absolute atomic E-state index is 12.4. The van der Waals surface area contributed by atoms with Crippen molar-refractivity contribution >= 4 is 23.2 Å². The summed E-state index contributed by atoms with van der Waals surface area (Å²) in [4.78, 5) is 16.8. The van der Waals surface area contributed by atoms with Crippen LogP contribution < -0.4 is 5.32 Å². The molecule has 21 heavy (non-hydrogen) atoms. The van der Waals surface area contributed by atoms with Crippen LogP contribution in [0.5, 0.6) is 0 Å². The molecular formula is C15H20ClN3O2. The Hall–Kier alpha value is -1.59. The topological polar surface area (TPSA) is 66.6 Å². The number of hydrogen-bond acceptors (Lipinski definition) is 3. The molecule has 0 aliphatic carbocycles. The molecule has 2 rings (SSSR count). The molecule has 114 valence electrons. The van der Waals surface area contributed by atoms with E-state index in [1.165, 1.54) is 0 Å². The molecule has 6 heteroatoms. The van der Waals surface area contributed by atoms with E-state index >= 15 is 0 Å². The number of pyridine rings is 1. The van der Waals surface area contributed by atoms with Gasteiger partial charge in [0.1, 0.15) is 11.3 Å². The zero-order valence-electron chi connectivity index (χ0n) is 12.1. The number of carbonyl (C=O) groups excluding carboxylic acids is 1. The third kappa shape index (κ3) is 3.74. The molecule has 0 atom stereocenters. The summed E-state index contributed by atoms with van der Waals surface area (Å²) in [5.74, 6) is -0.134. The summed E-state index contributed by atoms with van der Waals surface area (Å²) >= 11 is 6.01. The monoisotopic (exact) mass is 309 g/mol. The lowest BCUT2D eigenvalue weighted by Gasteiger charge is -2.06. The number of aliphatic hydroxyl groups is 1. The number of carbonyl (C=O) groups is 1. The van der Waals surface area contributed by atoms with E-state index in [0.717, 1.165) is 30.6 Å². The van der Waals surface area contributed by atoms with Crippen LogP contribution >= 0.6 is 11.6 Å². The summed E-state index contributed by atoms with van der Waals surface area (Å²) in [5, 5.41) is 12.2. The highest BCUT2D eigenvalue weighted by atomic mass is 35.5. The minimum absolute atomic E-state index is 0.134. The fraction of sp³-hybridized carbons (Fsp3) is 0.467. The van der Waals surface area contributed by atoms with Gasteiger partial charge >= 0.3 is 0 Å². The third-order valence-corrected chi connectivity index (χ3v) is 3.55. The molecule has 0 aromatic carbocycles. The van der Waals surface area contributed by atoms with Crippen LogP contribution in [0.15, 0.2) is 18.3 Å². The van der Waals surface area contributed by atoms with Gasteiger partial charge in [0.25, 0.3) is 5.91 Å². The van der Waals surface area contributed by atoms with Crippen molar-refractivity contribution in [3.05, 3.63) is 34.7 Å². The first-order chi connectivity index (χ1) is 10.2. The molecule has 2 aromatic heterocycles. The Bertz CT molecular complexity index is 625. The Morgan fingerprint density at radius 2 is 2.19 bits per heavy atom. The van der Waals surface area contributed by atoms with E-state index in [2.05, 4.69) is 10.3 Å². The number of halogens is 1. The normalized spacial score (nSPS) is 11.0. The highest BCUT2D eigenvalue weighted by Gasteiger charge is 2.17. The number of rotatable bonds is 7. The Balaban J connectivity index is 2.15. The van der Waals surface area contributed by atoms with Crippen LogP contribution in [0.1, 0.15) is 42.4 Å². The van der Waals surface area contributed by atoms with Crippen LogP contribution in [-0.4, -0.2) is 33.6 Å². The van der Waals surface area contributed by atoms with Crippen LogP contribution in [0.2, 0.25) is 5.02 Å². The zero-order valence-corrected chi connectivity index (χ0v) is 12.9. The summed E-state index contributed by atoms with van der Waals surface area (Å²) in [6, 6.07) is 3.57. The largest absolute Gasteiger partial charge is 0.396 e. The van der Waals surface area contributed by atoms with Gasteiger partial charge in [-0.3, -0.25) is 9.20 Å². The van der Waals surface area contributed by atoms with Crippen molar-refractivity contribution in [3.63, 3.8) is 0 Å². The minimum atomic E-state index is -0.134. The number of aliphatic hydroxyl groups excluding tert-OH is 1. The van der Waals surface area contributed by atoms with Gasteiger partial charge in [-0.15, -0.1) is 0 Å². The van der Waals surface area contributed by atoms with Crippen LogP contribution in [0.4, 0.5) is 0 Å². The van der Waals surface area contributed by atoms with E-state index in [1.54, 1.807) is 22.7 Å². The highest BCUT2D eigenvalue weighted by molar-refractivity contribution is 6.30. The fourth-order valence-corrected chi connectivity index (χ4v) is 2.41. The Labute approximate surface area is 128 Å². The van der Waals surface area contributed by atoms with Gasteiger partial charge in [-0.05, 0) is 37.8 Å². The van der Waals surface area contributed by atoms with Crippen molar-refractivity contribution in [1.82, 2.24) is 14.7 Å². The lowest BCUT2D eigenvalue weighted by atomic mass is 10.2. The second kappa shape index (κ2) is 7.43. The van der Waals surface area contributed by atoms with Crippen LogP contribution in [0, 0.1) is 0 Å². The summed E-state index contributed by atoms with van der Waals surface area (Å²) in [5.41, 5.74) is 2.05. The van der Waals surface area contributed by atoms with E-state index in [0.29, 0.717) is 23.7 Å². The number of aryl methyl sites for hydroxylation is 1. The Morgan fingerprint density at radius 3 is 2.90 bits per heavy atom. The summed E-state index contributed by atoms with van der Waals surface area (Å²) in [6.45, 7) is 2.76. The molecule has 0 spiro atoms. The number of nitrogens with zero attached hydrogens (tertiary/aromatic N) is 2. The Morgan fingerprint density at radius 1 is 1.38 bits per heavy atom. The first kappa shape index (κ1) is 15.8. The predicted molar refractivity (Wildman–Crippen MR) is 82.9 cm³/mol. The minimum Gasteiger partial charge on any atom is -0.396 e. The second-order valence-electron chi connectivity index (χ2n) is 4.88. The van der Waals surface area contributed by atoms with Crippen molar-refractivity contribution in [2.75, 3.05) is 13.2 Å². The van der Waals surface area contributed by atoms with Gasteiger partial charge in [-0.2, -0.15) is 0 Å². The average molecular weight is 310 g/mol. The number of fused-ring (bicyclic) bond motifs is 1. The van der Waals surface area contributed by atoms with Gasteiger partial charge in [0, 0.05) is 19.3 Å². The van der Waals surface area contributed by atoms with Crippen molar-refractivity contribution in [2.45, 2.75) is 32.6 Å². The molecular weight excluding hydrogens is 290 g/mol. The van der Waals surface area contributed by atoms with E-state index < -0.39 is 0 Å². The third-order valence-electron chi connectivity index (χ3n) is 3.33. The van der Waals surface area contributed by atoms with Crippen molar-refractivity contribution in [3.8, 4) is 0 Å². The maximum atomic E-state index is 12.4. The predicted octanol–water partition coefficient (Wildman–Crippen LogP) is 2.44.